The van der Waals surface area contributed by atoms with Gasteiger partial charge in [0.15, 0.2) is 6.61 Å². The molecule has 0 bridgehead atoms. The molecule has 2 aromatic carbocycles. The zero-order valence-corrected chi connectivity index (χ0v) is 16.0. The van der Waals surface area contributed by atoms with Crippen LogP contribution in [0.15, 0.2) is 36.4 Å². The summed E-state index contributed by atoms with van der Waals surface area (Å²) in [6, 6.07) is 6.19. The van der Waals surface area contributed by atoms with E-state index in [9.17, 15) is 36.2 Å². The molecule has 162 valence electrons. The molecule has 0 spiro atoms. The molecule has 0 aliphatic heterocycles. The van der Waals surface area contributed by atoms with Gasteiger partial charge in [-0.1, -0.05) is 30.2 Å². The molecular weight excluding hydrogens is 438 g/mol. The number of benzene rings is 2. The van der Waals surface area contributed by atoms with Crippen molar-refractivity contribution in [1.29, 1.82) is 0 Å². The number of alkyl halides is 6. The molecule has 1 fully saturated rings. The van der Waals surface area contributed by atoms with Gasteiger partial charge in [0.25, 0.3) is 0 Å². The van der Waals surface area contributed by atoms with Crippen LogP contribution in [0.3, 0.4) is 0 Å². The summed E-state index contributed by atoms with van der Waals surface area (Å²) in [4.78, 5) is 11.8. The standard InChI is InChI=1S/C20H15ClF6O3/c21-14-8-13(18(17(28)29)6-1-7-18)9-15(30-10-19(22,23)24)16(14)11-2-4-12(5-3-11)20(25,26)27/h2-5,8-9H,1,6-7,10H2,(H,28,29). The molecule has 0 unspecified atom stereocenters. The van der Waals surface area contributed by atoms with Gasteiger partial charge >= 0.3 is 18.3 Å². The summed E-state index contributed by atoms with van der Waals surface area (Å²) in [5, 5.41) is 9.49. The molecule has 0 heterocycles. The predicted molar refractivity (Wildman–Crippen MR) is 96.6 cm³/mol. The summed E-state index contributed by atoms with van der Waals surface area (Å²) < 4.78 is 81.5. The maximum absolute atomic E-state index is 12.8. The van der Waals surface area contributed by atoms with Gasteiger partial charge in [-0.25, -0.2) is 0 Å². The minimum absolute atomic E-state index is 0.0433. The first kappa shape index (κ1) is 22.3. The number of aliphatic carboxylic acids is 1. The SMILES string of the molecule is O=C(O)C1(c2cc(Cl)c(-c3ccc(C(F)(F)F)cc3)c(OCC(F)(F)F)c2)CCC1. The lowest BCUT2D eigenvalue weighted by molar-refractivity contribution is -0.153. The van der Waals surface area contributed by atoms with Crippen LogP contribution in [0.1, 0.15) is 30.4 Å². The molecule has 1 saturated carbocycles. The van der Waals surface area contributed by atoms with Crippen LogP contribution in [0.5, 0.6) is 5.75 Å². The number of carboxylic acids is 1. The van der Waals surface area contributed by atoms with Crippen LogP contribution in [0.25, 0.3) is 11.1 Å². The minimum atomic E-state index is -4.68. The summed E-state index contributed by atoms with van der Waals surface area (Å²) in [6.45, 7) is -1.67. The molecule has 0 atom stereocenters. The number of rotatable bonds is 5. The summed E-state index contributed by atoms with van der Waals surface area (Å²) in [5.41, 5.74) is -1.96. The van der Waals surface area contributed by atoms with Crippen LogP contribution >= 0.6 is 11.6 Å². The first-order chi connectivity index (χ1) is 13.8. The summed E-state index contributed by atoms with van der Waals surface area (Å²) in [6.07, 6.45) is -8.06. The Morgan fingerprint density at radius 1 is 1.07 bits per heavy atom. The number of hydrogen-bond acceptors (Lipinski definition) is 2. The largest absolute Gasteiger partial charge is 0.483 e. The van der Waals surface area contributed by atoms with Crippen molar-refractivity contribution in [2.45, 2.75) is 37.0 Å². The third kappa shape index (κ3) is 4.35. The third-order valence-electron chi connectivity index (χ3n) is 5.12. The van der Waals surface area contributed by atoms with Crippen LogP contribution in [0, 0.1) is 0 Å². The van der Waals surface area contributed by atoms with Crippen LogP contribution < -0.4 is 4.74 Å². The summed E-state index contributed by atoms with van der Waals surface area (Å²) in [5.74, 6) is -1.48. The van der Waals surface area contributed by atoms with Gasteiger partial charge in [0.05, 0.1) is 16.0 Å². The molecule has 0 radical (unpaired) electrons. The van der Waals surface area contributed by atoms with Gasteiger partial charge < -0.3 is 9.84 Å². The van der Waals surface area contributed by atoms with E-state index >= 15 is 0 Å². The summed E-state index contributed by atoms with van der Waals surface area (Å²) in [7, 11) is 0. The highest BCUT2D eigenvalue weighted by Crippen LogP contribution is 2.48. The van der Waals surface area contributed by atoms with E-state index in [0.29, 0.717) is 6.42 Å². The first-order valence-electron chi connectivity index (χ1n) is 8.78. The van der Waals surface area contributed by atoms with Crippen molar-refractivity contribution in [3.05, 3.63) is 52.5 Å². The topological polar surface area (TPSA) is 46.5 Å². The van der Waals surface area contributed by atoms with Crippen LogP contribution in [0.4, 0.5) is 26.3 Å². The van der Waals surface area contributed by atoms with Gasteiger partial charge in [0, 0.05) is 5.56 Å². The van der Waals surface area contributed by atoms with E-state index in [2.05, 4.69) is 0 Å². The van der Waals surface area contributed by atoms with Crippen LogP contribution in [-0.4, -0.2) is 23.9 Å². The van der Waals surface area contributed by atoms with Crippen molar-refractivity contribution in [1.82, 2.24) is 0 Å². The van der Waals surface area contributed by atoms with Crippen molar-refractivity contribution < 1.29 is 41.0 Å². The van der Waals surface area contributed by atoms with E-state index in [1.165, 1.54) is 12.1 Å². The second-order valence-electron chi connectivity index (χ2n) is 7.05. The molecule has 0 saturated heterocycles. The monoisotopic (exact) mass is 452 g/mol. The molecule has 0 amide bonds. The van der Waals surface area contributed by atoms with Gasteiger partial charge in [-0.3, -0.25) is 4.79 Å². The molecule has 1 N–H and O–H groups in total. The molecule has 10 heteroatoms. The number of hydrogen-bond donors (Lipinski definition) is 1. The highest BCUT2D eigenvalue weighted by atomic mass is 35.5. The lowest BCUT2D eigenvalue weighted by Gasteiger charge is -2.38. The zero-order chi connectivity index (χ0) is 22.3. The fraction of sp³-hybridized carbons (Fsp3) is 0.350. The maximum Gasteiger partial charge on any atom is 0.422 e. The van der Waals surface area contributed by atoms with Crippen molar-refractivity contribution >= 4 is 17.6 Å². The highest BCUT2D eigenvalue weighted by molar-refractivity contribution is 6.33. The lowest BCUT2D eigenvalue weighted by Crippen LogP contribution is -2.42. The highest BCUT2D eigenvalue weighted by Gasteiger charge is 2.46. The average molecular weight is 453 g/mol. The van der Waals surface area contributed by atoms with Gasteiger partial charge in [-0.15, -0.1) is 0 Å². The molecular formula is C20H15ClF6O3. The van der Waals surface area contributed by atoms with Gasteiger partial charge in [0.1, 0.15) is 5.75 Å². The second kappa shape index (κ2) is 7.68. The van der Waals surface area contributed by atoms with E-state index in [1.807, 2.05) is 0 Å². The Morgan fingerprint density at radius 2 is 1.67 bits per heavy atom. The number of ether oxygens (including phenoxy) is 1. The fourth-order valence-corrected chi connectivity index (χ4v) is 3.71. The van der Waals surface area contributed by atoms with E-state index in [0.717, 1.165) is 24.3 Å². The van der Waals surface area contributed by atoms with Crippen LogP contribution in [0.2, 0.25) is 5.02 Å². The van der Waals surface area contributed by atoms with Crippen molar-refractivity contribution in [3.8, 4) is 16.9 Å². The molecule has 30 heavy (non-hydrogen) atoms. The van der Waals surface area contributed by atoms with E-state index < -0.39 is 35.9 Å². The molecule has 0 aromatic heterocycles. The predicted octanol–water partition coefficient (Wildman–Crippen LogP) is 6.47. The van der Waals surface area contributed by atoms with Crippen molar-refractivity contribution in [2.75, 3.05) is 6.61 Å². The smallest absolute Gasteiger partial charge is 0.422 e. The van der Waals surface area contributed by atoms with Crippen molar-refractivity contribution in [2.24, 2.45) is 0 Å². The van der Waals surface area contributed by atoms with E-state index in [1.54, 1.807) is 0 Å². The molecule has 3 nitrogen and oxygen atoms in total. The Balaban J connectivity index is 2.10. The Kier molecular flexibility index (Phi) is 5.70. The fourth-order valence-electron chi connectivity index (χ4n) is 3.39. The van der Waals surface area contributed by atoms with Crippen LogP contribution in [-0.2, 0) is 16.4 Å². The molecule has 1 aliphatic rings. The van der Waals surface area contributed by atoms with Gasteiger partial charge in [0.2, 0.25) is 0 Å². The first-order valence-corrected chi connectivity index (χ1v) is 9.16. The van der Waals surface area contributed by atoms with Crippen molar-refractivity contribution in [3.63, 3.8) is 0 Å². The number of carbonyl (C=O) groups is 1. The number of halogens is 7. The quantitative estimate of drug-likeness (QED) is 0.529. The molecule has 2 aromatic rings. The second-order valence-corrected chi connectivity index (χ2v) is 7.46. The van der Waals surface area contributed by atoms with E-state index in [4.69, 9.17) is 16.3 Å². The minimum Gasteiger partial charge on any atom is -0.483 e. The van der Waals surface area contributed by atoms with E-state index in [-0.39, 0.29) is 40.3 Å². The lowest BCUT2D eigenvalue weighted by atomic mass is 9.64. The van der Waals surface area contributed by atoms with Gasteiger partial charge in [-0.05, 0) is 48.2 Å². The number of carboxylic acid groups (broad SMARTS) is 1. The average Bonchev–Trinajstić information content (AvgIpc) is 2.57. The van der Waals surface area contributed by atoms with Gasteiger partial charge in [-0.2, -0.15) is 26.3 Å². The third-order valence-corrected chi connectivity index (χ3v) is 5.41. The normalized spacial score (nSPS) is 16.1. The summed E-state index contributed by atoms with van der Waals surface area (Å²) >= 11 is 6.26. The Labute approximate surface area is 172 Å². The zero-order valence-electron chi connectivity index (χ0n) is 15.2. The Hall–Kier alpha value is -2.42. The molecule has 3 rings (SSSR count). The Bertz CT molecular complexity index is 947. The molecule has 1 aliphatic carbocycles. The maximum atomic E-state index is 12.8. The Morgan fingerprint density at radius 3 is 2.10 bits per heavy atom.